The van der Waals surface area contributed by atoms with E-state index in [0.717, 1.165) is 22.6 Å². The fourth-order valence-electron chi connectivity index (χ4n) is 2.68. The number of hydrogen-bond donors (Lipinski definition) is 3. The van der Waals surface area contributed by atoms with Crippen molar-refractivity contribution < 1.29 is 22.7 Å². The van der Waals surface area contributed by atoms with Gasteiger partial charge in [0, 0.05) is 18.5 Å². The lowest BCUT2D eigenvalue weighted by atomic mass is 10.1. The second-order valence-corrected chi connectivity index (χ2v) is 6.14. The molecule has 6 nitrogen and oxygen atoms in total. The number of amides is 1. The van der Waals surface area contributed by atoms with Crippen LogP contribution in [0.4, 0.5) is 13.2 Å². The highest BCUT2D eigenvalue weighted by Crippen LogP contribution is 2.38. The lowest BCUT2D eigenvalue weighted by Crippen LogP contribution is -2.38. The first-order chi connectivity index (χ1) is 13.2. The normalized spacial score (nSPS) is 11.4. The van der Waals surface area contributed by atoms with Crippen molar-refractivity contribution in [2.24, 2.45) is 5.73 Å². The molecule has 28 heavy (non-hydrogen) atoms. The molecule has 9 heteroatoms. The zero-order chi connectivity index (χ0) is 20.5. The van der Waals surface area contributed by atoms with Gasteiger partial charge in [0.05, 0.1) is 11.1 Å². The van der Waals surface area contributed by atoms with Crippen LogP contribution in [0.2, 0.25) is 0 Å². The zero-order valence-corrected chi connectivity index (χ0v) is 14.8. The molecule has 0 aliphatic carbocycles. The van der Waals surface area contributed by atoms with Gasteiger partial charge in [-0.05, 0) is 17.7 Å². The molecule has 1 heterocycles. The largest absolute Gasteiger partial charge is 0.489 e. The van der Waals surface area contributed by atoms with E-state index in [0.29, 0.717) is 0 Å². The molecule has 1 aromatic heterocycles. The summed E-state index contributed by atoms with van der Waals surface area (Å²) in [5.41, 5.74) is 5.13. The van der Waals surface area contributed by atoms with Gasteiger partial charge in [-0.25, -0.2) is 0 Å². The van der Waals surface area contributed by atoms with Crippen LogP contribution in [0.25, 0.3) is 10.9 Å². The Morgan fingerprint density at radius 1 is 1.21 bits per heavy atom. The van der Waals surface area contributed by atoms with Crippen molar-refractivity contribution in [2.75, 3.05) is 7.05 Å². The lowest BCUT2D eigenvalue weighted by Gasteiger charge is -2.12. The average molecular weight is 390 g/mol. The molecule has 0 atom stereocenters. The number of hydrogen-bond acceptors (Lipinski definition) is 3. The number of halogens is 3. The van der Waals surface area contributed by atoms with Crippen molar-refractivity contribution in [1.82, 2.24) is 9.88 Å². The minimum Gasteiger partial charge on any atom is -0.489 e. The van der Waals surface area contributed by atoms with Gasteiger partial charge >= 0.3 is 6.18 Å². The Morgan fingerprint density at radius 3 is 2.50 bits per heavy atom. The smallest absolute Gasteiger partial charge is 0.417 e. The number of fused-ring (bicyclic) bond motifs is 1. The van der Waals surface area contributed by atoms with E-state index in [-0.39, 0.29) is 29.0 Å². The third-order valence-corrected chi connectivity index (χ3v) is 4.16. The molecule has 3 rings (SSSR count). The van der Waals surface area contributed by atoms with E-state index in [4.69, 9.17) is 15.9 Å². The minimum absolute atomic E-state index is 0.0180. The van der Waals surface area contributed by atoms with Crippen LogP contribution in [0, 0.1) is 5.41 Å². The summed E-state index contributed by atoms with van der Waals surface area (Å²) in [4.78, 5) is 15.8. The van der Waals surface area contributed by atoms with E-state index in [1.165, 1.54) is 13.1 Å². The van der Waals surface area contributed by atoms with Crippen LogP contribution in [-0.4, -0.2) is 28.8 Å². The molecule has 146 valence electrons. The number of alkyl halides is 3. The van der Waals surface area contributed by atoms with Crippen LogP contribution in [0.5, 0.6) is 5.75 Å². The topological polar surface area (TPSA) is 95.2 Å². The molecule has 0 saturated heterocycles. The number of H-pyrrole nitrogens is 1. The molecule has 1 amide bonds. The fourth-order valence-corrected chi connectivity index (χ4v) is 2.68. The van der Waals surface area contributed by atoms with Gasteiger partial charge in [-0.2, -0.15) is 13.2 Å². The molecule has 0 spiro atoms. The minimum atomic E-state index is -4.64. The van der Waals surface area contributed by atoms with E-state index >= 15 is 0 Å². The molecule has 3 aromatic rings. The van der Waals surface area contributed by atoms with Crippen LogP contribution in [0.1, 0.15) is 21.6 Å². The summed E-state index contributed by atoms with van der Waals surface area (Å²) >= 11 is 0. The van der Waals surface area contributed by atoms with Gasteiger partial charge in [0.1, 0.15) is 18.1 Å². The molecule has 0 aliphatic heterocycles. The van der Waals surface area contributed by atoms with Crippen LogP contribution in [0.15, 0.2) is 48.5 Å². The third-order valence-electron chi connectivity index (χ3n) is 4.16. The number of aromatic amines is 1. The summed E-state index contributed by atoms with van der Waals surface area (Å²) in [5, 5.41) is 7.13. The highest BCUT2D eigenvalue weighted by molar-refractivity contribution is 6.06. The van der Waals surface area contributed by atoms with Crippen molar-refractivity contribution in [1.29, 1.82) is 5.41 Å². The maximum Gasteiger partial charge on any atom is 0.417 e. The zero-order valence-electron chi connectivity index (χ0n) is 14.8. The van der Waals surface area contributed by atoms with E-state index in [1.807, 2.05) is 6.07 Å². The molecule has 0 bridgehead atoms. The van der Waals surface area contributed by atoms with E-state index < -0.39 is 23.6 Å². The first-order valence-corrected chi connectivity index (χ1v) is 8.19. The number of nitrogens with one attached hydrogen (secondary N) is 2. The SMILES string of the molecule is CN(C(=N)N)C(=O)c1cc2c(C(F)(F)F)cc(OCc3ccccc3)cc2[nH]1. The highest BCUT2D eigenvalue weighted by Gasteiger charge is 2.34. The number of ether oxygens (including phenoxy) is 1. The summed E-state index contributed by atoms with van der Waals surface area (Å²) < 4.78 is 46.1. The summed E-state index contributed by atoms with van der Waals surface area (Å²) in [7, 11) is 1.26. The van der Waals surface area contributed by atoms with Crippen LogP contribution in [0.3, 0.4) is 0 Å². The molecular formula is C19H17F3N4O2. The molecule has 0 radical (unpaired) electrons. The summed E-state index contributed by atoms with van der Waals surface area (Å²) in [6.45, 7) is 0.100. The molecule has 0 fully saturated rings. The van der Waals surface area contributed by atoms with Gasteiger partial charge in [-0.15, -0.1) is 0 Å². The van der Waals surface area contributed by atoms with Crippen molar-refractivity contribution >= 4 is 22.8 Å². The lowest BCUT2D eigenvalue weighted by molar-refractivity contribution is -0.136. The monoisotopic (exact) mass is 390 g/mol. The Kier molecular flexibility index (Phi) is 5.00. The van der Waals surface area contributed by atoms with Crippen molar-refractivity contribution in [3.8, 4) is 5.75 Å². The molecule has 4 N–H and O–H groups in total. The molecule has 0 saturated carbocycles. The van der Waals surface area contributed by atoms with Crippen LogP contribution >= 0.6 is 0 Å². The molecule has 2 aromatic carbocycles. The Morgan fingerprint density at radius 2 is 1.89 bits per heavy atom. The third kappa shape index (κ3) is 3.93. The maximum atomic E-state index is 13.5. The van der Waals surface area contributed by atoms with Crippen LogP contribution in [-0.2, 0) is 12.8 Å². The Balaban J connectivity index is 2.00. The van der Waals surface area contributed by atoms with Gasteiger partial charge in [0.15, 0.2) is 5.96 Å². The average Bonchev–Trinajstić information content (AvgIpc) is 3.08. The first kappa shape index (κ1) is 19.3. The number of carbonyl (C=O) groups is 1. The van der Waals surface area contributed by atoms with Gasteiger partial charge < -0.3 is 15.5 Å². The Hall–Kier alpha value is -3.49. The predicted molar refractivity (Wildman–Crippen MR) is 98.1 cm³/mol. The van der Waals surface area contributed by atoms with Crippen molar-refractivity contribution in [3.63, 3.8) is 0 Å². The highest BCUT2D eigenvalue weighted by atomic mass is 19.4. The van der Waals surface area contributed by atoms with Crippen molar-refractivity contribution in [3.05, 3.63) is 65.4 Å². The van der Waals surface area contributed by atoms with Gasteiger partial charge in [-0.1, -0.05) is 30.3 Å². The molecular weight excluding hydrogens is 373 g/mol. The van der Waals surface area contributed by atoms with Crippen LogP contribution < -0.4 is 10.5 Å². The number of carbonyl (C=O) groups excluding carboxylic acids is 1. The summed E-state index contributed by atoms with van der Waals surface area (Å²) in [6, 6.07) is 12.4. The van der Waals surface area contributed by atoms with Gasteiger partial charge in [0.2, 0.25) is 0 Å². The number of benzene rings is 2. The van der Waals surface area contributed by atoms with Crippen molar-refractivity contribution in [2.45, 2.75) is 12.8 Å². The number of nitrogens with two attached hydrogens (primary N) is 1. The molecule has 0 aliphatic rings. The van der Waals surface area contributed by atoms with E-state index in [2.05, 4.69) is 4.98 Å². The number of nitrogens with zero attached hydrogens (tertiary/aromatic N) is 1. The Bertz CT molecular complexity index is 1030. The standard InChI is InChI=1S/C19H17F3N4O2/c1-26(18(23)24)17(27)16-9-13-14(19(20,21)22)7-12(8-15(13)25-16)28-10-11-5-3-2-4-6-11/h2-9,25H,10H2,1H3,(H3,23,24). The Labute approximate surface area is 158 Å². The second-order valence-electron chi connectivity index (χ2n) is 6.14. The summed E-state index contributed by atoms with van der Waals surface area (Å²) in [5.74, 6) is -1.22. The first-order valence-electron chi connectivity index (χ1n) is 8.19. The van der Waals surface area contributed by atoms with E-state index in [1.54, 1.807) is 24.3 Å². The number of aromatic nitrogens is 1. The van der Waals surface area contributed by atoms with Gasteiger partial charge in [0.25, 0.3) is 5.91 Å². The number of guanidine groups is 1. The quantitative estimate of drug-likeness (QED) is 0.468. The van der Waals surface area contributed by atoms with Gasteiger partial charge in [-0.3, -0.25) is 15.1 Å². The molecule has 0 unspecified atom stereocenters. The maximum absolute atomic E-state index is 13.5. The fraction of sp³-hybridized carbons (Fsp3) is 0.158. The second kappa shape index (κ2) is 7.26. The summed E-state index contributed by atoms with van der Waals surface area (Å²) in [6.07, 6.45) is -4.64. The van der Waals surface area contributed by atoms with E-state index in [9.17, 15) is 18.0 Å². The predicted octanol–water partition coefficient (Wildman–Crippen LogP) is 3.73. The number of rotatable bonds is 4.